The van der Waals surface area contributed by atoms with Crippen LogP contribution in [0.25, 0.3) is 0 Å². The molecule has 0 fully saturated rings. The van der Waals surface area contributed by atoms with Gasteiger partial charge >= 0.3 is 5.97 Å². The first-order chi connectivity index (χ1) is 15.7. The molecule has 0 spiro atoms. The van der Waals surface area contributed by atoms with Gasteiger partial charge in [-0.15, -0.1) is 6.58 Å². The van der Waals surface area contributed by atoms with Crippen LogP contribution in [-0.2, 0) is 11.2 Å². The van der Waals surface area contributed by atoms with Gasteiger partial charge < -0.3 is 5.11 Å². The van der Waals surface area contributed by atoms with E-state index < -0.39 is 11.9 Å². The van der Waals surface area contributed by atoms with Crippen molar-refractivity contribution in [3.8, 4) is 0 Å². The average molecular weight is 437 g/mol. The van der Waals surface area contributed by atoms with Crippen LogP contribution in [0.3, 0.4) is 0 Å². The number of aliphatic carboxylic acids is 1. The molecule has 4 nitrogen and oxygen atoms in total. The molecule has 0 aliphatic rings. The monoisotopic (exact) mass is 436 g/mol. The maximum Gasteiger partial charge on any atom is 0.314 e. The van der Waals surface area contributed by atoms with Gasteiger partial charge in [0.05, 0.1) is 0 Å². The van der Waals surface area contributed by atoms with Crippen LogP contribution in [0, 0.1) is 0 Å². The molecule has 4 heteroatoms. The van der Waals surface area contributed by atoms with Crippen molar-refractivity contribution in [1.29, 1.82) is 0 Å². The second kappa shape index (κ2) is 15.3. The van der Waals surface area contributed by atoms with E-state index in [1.54, 1.807) is 0 Å². The Labute approximate surface area is 194 Å². The highest BCUT2D eigenvalue weighted by Crippen LogP contribution is 2.33. The summed E-state index contributed by atoms with van der Waals surface area (Å²) in [5, 5.41) is 9.97. The molecule has 0 aliphatic carbocycles. The number of aromatic nitrogens is 2. The molecule has 0 bridgehead atoms. The molecule has 32 heavy (non-hydrogen) atoms. The van der Waals surface area contributed by atoms with E-state index in [-0.39, 0.29) is 5.92 Å². The lowest BCUT2D eigenvalue weighted by Gasteiger charge is -2.21. The first-order valence-electron chi connectivity index (χ1n) is 12.3. The highest BCUT2D eigenvalue weighted by atomic mass is 16.4. The van der Waals surface area contributed by atoms with Crippen LogP contribution < -0.4 is 0 Å². The number of rotatable bonds is 17. The number of carboxylic acid groups (broad SMARTS) is 1. The summed E-state index contributed by atoms with van der Waals surface area (Å²) >= 11 is 0. The first-order valence-corrected chi connectivity index (χ1v) is 12.3. The molecular formula is C28H40N2O2. The summed E-state index contributed by atoms with van der Waals surface area (Å²) in [6.07, 6.45) is 18.6. The SMILES string of the molecule is C=CCCCCCC(CC(C(=O)O)c1ncc(CCCCCCC)cn1)c1ccccc1. The van der Waals surface area contributed by atoms with Crippen molar-refractivity contribution in [2.75, 3.05) is 0 Å². The van der Waals surface area contributed by atoms with Crippen LogP contribution in [-0.4, -0.2) is 21.0 Å². The highest BCUT2D eigenvalue weighted by molar-refractivity contribution is 5.74. The number of aryl methyl sites for hydroxylation is 1. The molecule has 0 aliphatic heterocycles. The number of benzene rings is 1. The number of carbonyl (C=O) groups is 1. The Morgan fingerprint density at radius 2 is 1.69 bits per heavy atom. The van der Waals surface area contributed by atoms with Crippen LogP contribution >= 0.6 is 0 Å². The summed E-state index contributed by atoms with van der Waals surface area (Å²) in [7, 11) is 0. The number of allylic oxidation sites excluding steroid dienone is 1. The molecule has 1 heterocycles. The van der Waals surface area contributed by atoms with Gasteiger partial charge in [-0.1, -0.05) is 81.9 Å². The van der Waals surface area contributed by atoms with Gasteiger partial charge in [-0.25, -0.2) is 9.97 Å². The smallest absolute Gasteiger partial charge is 0.314 e. The van der Waals surface area contributed by atoms with E-state index >= 15 is 0 Å². The molecule has 0 amide bonds. The van der Waals surface area contributed by atoms with Gasteiger partial charge in [0.15, 0.2) is 0 Å². The standard InChI is InChI=1S/C28H40N2O2/c1-3-5-7-9-12-16-23-21-29-27(30-22-23)26(28(31)32)20-25(19-13-10-8-6-4-2)24-17-14-11-15-18-24/h4,11,14-15,17-18,21-22,25-26H,2-3,5-10,12-13,16,19-20H2,1H3,(H,31,32). The lowest BCUT2D eigenvalue weighted by atomic mass is 9.84. The van der Waals surface area contributed by atoms with Gasteiger partial charge in [-0.3, -0.25) is 4.79 Å². The maximum absolute atomic E-state index is 12.1. The predicted molar refractivity (Wildman–Crippen MR) is 132 cm³/mol. The van der Waals surface area contributed by atoms with E-state index in [0.29, 0.717) is 12.2 Å². The maximum atomic E-state index is 12.1. The predicted octanol–water partition coefficient (Wildman–Crippen LogP) is 7.47. The highest BCUT2D eigenvalue weighted by Gasteiger charge is 2.27. The van der Waals surface area contributed by atoms with Crippen LogP contribution in [0.1, 0.15) is 106 Å². The third-order valence-electron chi connectivity index (χ3n) is 6.16. The van der Waals surface area contributed by atoms with E-state index in [1.807, 2.05) is 36.7 Å². The third-order valence-corrected chi connectivity index (χ3v) is 6.16. The molecular weight excluding hydrogens is 396 g/mol. The van der Waals surface area contributed by atoms with Crippen molar-refractivity contribution in [1.82, 2.24) is 9.97 Å². The normalized spacial score (nSPS) is 12.9. The fraction of sp³-hybridized carbons (Fsp3) is 0.536. The Morgan fingerprint density at radius 1 is 1.00 bits per heavy atom. The van der Waals surface area contributed by atoms with Crippen molar-refractivity contribution >= 4 is 5.97 Å². The minimum absolute atomic E-state index is 0.183. The number of nitrogens with zero attached hydrogens (tertiary/aromatic N) is 2. The van der Waals surface area contributed by atoms with Crippen molar-refractivity contribution in [2.24, 2.45) is 0 Å². The molecule has 0 radical (unpaired) electrons. The second-order valence-electron chi connectivity index (χ2n) is 8.77. The summed E-state index contributed by atoms with van der Waals surface area (Å²) < 4.78 is 0. The second-order valence-corrected chi connectivity index (χ2v) is 8.77. The van der Waals surface area contributed by atoms with Crippen molar-refractivity contribution in [2.45, 2.75) is 95.8 Å². The fourth-order valence-corrected chi connectivity index (χ4v) is 4.21. The van der Waals surface area contributed by atoms with Crippen molar-refractivity contribution < 1.29 is 9.90 Å². The minimum atomic E-state index is -0.843. The van der Waals surface area contributed by atoms with Crippen LogP contribution in [0.5, 0.6) is 0 Å². The van der Waals surface area contributed by atoms with E-state index in [0.717, 1.165) is 50.5 Å². The molecule has 0 saturated carbocycles. The zero-order valence-electron chi connectivity index (χ0n) is 19.7. The molecule has 174 valence electrons. The van der Waals surface area contributed by atoms with Gasteiger partial charge in [-0.2, -0.15) is 0 Å². The quantitative estimate of drug-likeness (QED) is 0.206. The van der Waals surface area contributed by atoms with Gasteiger partial charge in [0.1, 0.15) is 11.7 Å². The molecule has 1 aromatic heterocycles. The molecule has 1 aromatic carbocycles. The summed E-state index contributed by atoms with van der Waals surface area (Å²) in [4.78, 5) is 21.1. The molecule has 1 N–H and O–H groups in total. The molecule has 2 aromatic rings. The van der Waals surface area contributed by atoms with E-state index in [1.165, 1.54) is 31.2 Å². The number of unbranched alkanes of at least 4 members (excludes halogenated alkanes) is 7. The number of hydrogen-bond donors (Lipinski definition) is 1. The Balaban J connectivity index is 2.02. The summed E-state index contributed by atoms with van der Waals surface area (Å²) in [5.41, 5.74) is 2.29. The third kappa shape index (κ3) is 9.33. The Bertz CT molecular complexity index is 774. The van der Waals surface area contributed by atoms with Crippen LogP contribution in [0.4, 0.5) is 0 Å². The van der Waals surface area contributed by atoms with E-state index in [9.17, 15) is 9.90 Å². The number of carboxylic acids is 1. The van der Waals surface area contributed by atoms with Gasteiger partial charge in [0.25, 0.3) is 0 Å². The Kier molecular flexibility index (Phi) is 12.3. The Hall–Kier alpha value is -2.49. The van der Waals surface area contributed by atoms with E-state index in [2.05, 4.69) is 35.6 Å². The lowest BCUT2D eigenvalue weighted by Crippen LogP contribution is -2.18. The van der Waals surface area contributed by atoms with Crippen molar-refractivity contribution in [3.63, 3.8) is 0 Å². The average Bonchev–Trinajstić information content (AvgIpc) is 2.81. The number of hydrogen-bond acceptors (Lipinski definition) is 3. The Morgan fingerprint density at radius 3 is 2.34 bits per heavy atom. The molecule has 2 unspecified atom stereocenters. The van der Waals surface area contributed by atoms with Gasteiger partial charge in [0.2, 0.25) is 0 Å². The zero-order valence-corrected chi connectivity index (χ0v) is 19.7. The first kappa shape index (κ1) is 25.8. The molecule has 2 rings (SSSR count). The fourth-order valence-electron chi connectivity index (χ4n) is 4.21. The summed E-state index contributed by atoms with van der Waals surface area (Å²) in [6.45, 7) is 6.01. The van der Waals surface area contributed by atoms with Crippen LogP contribution in [0.2, 0.25) is 0 Å². The van der Waals surface area contributed by atoms with Gasteiger partial charge in [-0.05, 0) is 55.6 Å². The minimum Gasteiger partial charge on any atom is -0.481 e. The lowest BCUT2D eigenvalue weighted by molar-refractivity contribution is -0.139. The summed E-state index contributed by atoms with van der Waals surface area (Å²) in [6, 6.07) is 10.3. The van der Waals surface area contributed by atoms with Crippen molar-refractivity contribution in [3.05, 3.63) is 72.3 Å². The summed E-state index contributed by atoms with van der Waals surface area (Å²) in [5.74, 6) is -0.917. The topological polar surface area (TPSA) is 63.1 Å². The molecule has 2 atom stereocenters. The largest absolute Gasteiger partial charge is 0.481 e. The van der Waals surface area contributed by atoms with Crippen LogP contribution in [0.15, 0.2) is 55.4 Å². The molecule has 0 saturated heterocycles. The zero-order chi connectivity index (χ0) is 23.0. The van der Waals surface area contributed by atoms with Gasteiger partial charge in [0, 0.05) is 12.4 Å². The van der Waals surface area contributed by atoms with E-state index in [4.69, 9.17) is 0 Å².